The molecule has 0 atom stereocenters. The number of amidine groups is 1. The molecule has 142 valence electrons. The molecule has 0 fully saturated rings. The number of thioether (sulfide) groups is 1. The van der Waals surface area contributed by atoms with Gasteiger partial charge in [0.05, 0.1) is 11.4 Å². The zero-order valence-electron chi connectivity index (χ0n) is 14.9. The zero-order valence-corrected chi connectivity index (χ0v) is 16.6. The summed E-state index contributed by atoms with van der Waals surface area (Å²) in [4.78, 5) is 12.1. The van der Waals surface area contributed by atoms with Gasteiger partial charge in [0.2, 0.25) is 5.91 Å². The van der Waals surface area contributed by atoms with Crippen molar-refractivity contribution in [3.63, 3.8) is 0 Å². The summed E-state index contributed by atoms with van der Waals surface area (Å²) in [5.41, 5.74) is 2.68. The van der Waals surface area contributed by atoms with E-state index >= 15 is 0 Å². The third kappa shape index (κ3) is 5.33. The standard InChI is InChI=1S/C19H21N3O3S2/c1-14-9-10-17-16(12-14)21-19(22-27(17,24)25)26-13-18(23)20-11-5-8-15-6-3-2-4-7-15/h2-4,6-7,9-10,12H,5,8,11,13H2,1H3,(H,20,23)(H,21,22). The highest BCUT2D eigenvalue weighted by molar-refractivity contribution is 8.15. The maximum atomic E-state index is 12.2. The second kappa shape index (κ2) is 8.58. The summed E-state index contributed by atoms with van der Waals surface area (Å²) in [6.07, 6.45) is 1.75. The number of anilines is 1. The normalized spacial score (nSPS) is 14.6. The summed E-state index contributed by atoms with van der Waals surface area (Å²) < 4.78 is 28.2. The van der Waals surface area contributed by atoms with E-state index in [4.69, 9.17) is 0 Å². The number of amides is 1. The summed E-state index contributed by atoms with van der Waals surface area (Å²) in [5, 5.41) is 6.06. The van der Waals surface area contributed by atoms with E-state index < -0.39 is 10.0 Å². The number of nitrogens with zero attached hydrogens (tertiary/aromatic N) is 1. The molecule has 1 amide bonds. The van der Waals surface area contributed by atoms with Gasteiger partial charge in [0.15, 0.2) is 5.17 Å². The Hall–Kier alpha value is -2.32. The minimum absolute atomic E-state index is 0.105. The summed E-state index contributed by atoms with van der Waals surface area (Å²) in [6, 6.07) is 15.1. The molecule has 3 rings (SSSR count). The molecule has 2 aromatic rings. The molecule has 0 unspecified atom stereocenters. The van der Waals surface area contributed by atoms with Crippen molar-refractivity contribution in [2.45, 2.75) is 24.7 Å². The Balaban J connectivity index is 1.47. The van der Waals surface area contributed by atoms with Crippen LogP contribution in [0.15, 0.2) is 57.8 Å². The van der Waals surface area contributed by atoms with Crippen molar-refractivity contribution in [3.05, 3.63) is 59.7 Å². The Labute approximate surface area is 163 Å². The molecule has 0 saturated heterocycles. The lowest BCUT2D eigenvalue weighted by molar-refractivity contribution is -0.118. The van der Waals surface area contributed by atoms with E-state index in [1.807, 2.05) is 25.1 Å². The van der Waals surface area contributed by atoms with Crippen LogP contribution in [-0.2, 0) is 21.2 Å². The molecule has 1 aliphatic rings. The maximum Gasteiger partial charge on any atom is 0.286 e. The molecule has 0 bridgehead atoms. The average Bonchev–Trinajstić information content (AvgIpc) is 2.63. The van der Waals surface area contributed by atoms with Crippen LogP contribution in [0, 0.1) is 6.92 Å². The summed E-state index contributed by atoms with van der Waals surface area (Å²) in [5.74, 6) is -0.0431. The summed E-state index contributed by atoms with van der Waals surface area (Å²) in [7, 11) is -3.73. The van der Waals surface area contributed by atoms with Gasteiger partial charge in [0.1, 0.15) is 4.90 Å². The minimum atomic E-state index is -3.73. The molecule has 1 aliphatic heterocycles. The highest BCUT2D eigenvalue weighted by Crippen LogP contribution is 2.30. The summed E-state index contributed by atoms with van der Waals surface area (Å²) >= 11 is 1.08. The molecule has 6 nitrogen and oxygen atoms in total. The SMILES string of the molecule is Cc1ccc2c(c1)NC(SCC(=O)NCCCc1ccccc1)=NS2(=O)=O. The summed E-state index contributed by atoms with van der Waals surface area (Å²) in [6.45, 7) is 2.46. The topological polar surface area (TPSA) is 87.6 Å². The van der Waals surface area contributed by atoms with Crippen LogP contribution in [0.5, 0.6) is 0 Å². The van der Waals surface area contributed by atoms with Gasteiger partial charge in [-0.3, -0.25) is 4.79 Å². The van der Waals surface area contributed by atoms with Crippen molar-refractivity contribution < 1.29 is 13.2 Å². The van der Waals surface area contributed by atoms with Crippen LogP contribution in [0.4, 0.5) is 5.69 Å². The molecule has 1 heterocycles. The van der Waals surface area contributed by atoms with E-state index in [0.29, 0.717) is 12.2 Å². The number of rotatable bonds is 6. The van der Waals surface area contributed by atoms with Crippen LogP contribution < -0.4 is 10.6 Å². The van der Waals surface area contributed by atoms with Gasteiger partial charge in [-0.15, -0.1) is 4.40 Å². The Morgan fingerprint density at radius 1 is 1.19 bits per heavy atom. The Kier molecular flexibility index (Phi) is 6.18. The van der Waals surface area contributed by atoms with Crippen molar-refractivity contribution in [1.82, 2.24) is 5.32 Å². The molecule has 0 radical (unpaired) electrons. The molecule has 0 saturated carbocycles. The number of benzene rings is 2. The van der Waals surface area contributed by atoms with Crippen LogP contribution in [-0.4, -0.2) is 31.8 Å². The quantitative estimate of drug-likeness (QED) is 0.724. The van der Waals surface area contributed by atoms with Gasteiger partial charge in [-0.05, 0) is 43.0 Å². The first-order valence-electron chi connectivity index (χ1n) is 8.60. The minimum Gasteiger partial charge on any atom is -0.355 e. The first-order valence-corrected chi connectivity index (χ1v) is 11.0. The molecule has 0 spiro atoms. The van der Waals surface area contributed by atoms with Gasteiger partial charge in [-0.2, -0.15) is 8.42 Å². The number of carbonyl (C=O) groups excluding carboxylic acids is 1. The first kappa shape index (κ1) is 19.4. The number of hydrogen-bond donors (Lipinski definition) is 2. The fraction of sp³-hybridized carbons (Fsp3) is 0.263. The maximum absolute atomic E-state index is 12.2. The Morgan fingerprint density at radius 2 is 1.96 bits per heavy atom. The lowest BCUT2D eigenvalue weighted by Gasteiger charge is -2.18. The monoisotopic (exact) mass is 403 g/mol. The third-order valence-corrected chi connectivity index (χ3v) is 6.33. The van der Waals surface area contributed by atoms with Crippen molar-refractivity contribution in [3.8, 4) is 0 Å². The second-order valence-electron chi connectivity index (χ2n) is 6.22. The highest BCUT2D eigenvalue weighted by atomic mass is 32.2. The van der Waals surface area contributed by atoms with Crippen molar-refractivity contribution in [1.29, 1.82) is 0 Å². The number of nitrogens with one attached hydrogen (secondary N) is 2. The fourth-order valence-electron chi connectivity index (χ4n) is 2.68. The molecule has 27 heavy (non-hydrogen) atoms. The van der Waals surface area contributed by atoms with E-state index in [-0.39, 0.29) is 21.7 Å². The predicted molar refractivity (Wildman–Crippen MR) is 110 cm³/mol. The van der Waals surface area contributed by atoms with Gasteiger partial charge < -0.3 is 10.6 Å². The number of aryl methyl sites for hydroxylation is 2. The van der Waals surface area contributed by atoms with E-state index in [0.717, 1.165) is 30.2 Å². The number of carbonyl (C=O) groups is 1. The van der Waals surface area contributed by atoms with Crippen molar-refractivity contribution in [2.75, 3.05) is 17.6 Å². The largest absolute Gasteiger partial charge is 0.355 e. The van der Waals surface area contributed by atoms with E-state index in [1.165, 1.54) is 11.6 Å². The molecular formula is C19H21N3O3S2. The van der Waals surface area contributed by atoms with Gasteiger partial charge in [-0.25, -0.2) is 0 Å². The van der Waals surface area contributed by atoms with Gasteiger partial charge in [0, 0.05) is 6.54 Å². The van der Waals surface area contributed by atoms with Crippen LogP contribution in [0.2, 0.25) is 0 Å². The Bertz CT molecular complexity index is 957. The lowest BCUT2D eigenvalue weighted by atomic mass is 10.1. The van der Waals surface area contributed by atoms with E-state index in [2.05, 4.69) is 27.2 Å². The van der Waals surface area contributed by atoms with Gasteiger partial charge >= 0.3 is 0 Å². The number of fused-ring (bicyclic) bond motifs is 1. The lowest BCUT2D eigenvalue weighted by Crippen LogP contribution is -2.28. The van der Waals surface area contributed by atoms with Crippen LogP contribution >= 0.6 is 11.8 Å². The van der Waals surface area contributed by atoms with Crippen molar-refractivity contribution >= 4 is 38.5 Å². The molecule has 0 aromatic heterocycles. The average molecular weight is 404 g/mol. The first-order chi connectivity index (χ1) is 12.9. The van der Waals surface area contributed by atoms with Gasteiger partial charge in [-0.1, -0.05) is 48.2 Å². The smallest absolute Gasteiger partial charge is 0.286 e. The fourth-order valence-corrected chi connectivity index (χ4v) is 4.72. The van der Waals surface area contributed by atoms with Crippen LogP contribution in [0.1, 0.15) is 17.5 Å². The molecular weight excluding hydrogens is 382 g/mol. The van der Waals surface area contributed by atoms with E-state index in [1.54, 1.807) is 12.1 Å². The predicted octanol–water partition coefficient (Wildman–Crippen LogP) is 2.95. The second-order valence-corrected chi connectivity index (χ2v) is 8.76. The highest BCUT2D eigenvalue weighted by Gasteiger charge is 2.25. The van der Waals surface area contributed by atoms with Crippen LogP contribution in [0.25, 0.3) is 0 Å². The van der Waals surface area contributed by atoms with Crippen LogP contribution in [0.3, 0.4) is 0 Å². The molecule has 2 N–H and O–H groups in total. The van der Waals surface area contributed by atoms with E-state index in [9.17, 15) is 13.2 Å². The molecule has 2 aromatic carbocycles. The number of sulfonamides is 1. The van der Waals surface area contributed by atoms with Gasteiger partial charge in [0.25, 0.3) is 10.0 Å². The third-order valence-electron chi connectivity index (χ3n) is 4.00. The number of hydrogen-bond acceptors (Lipinski definition) is 5. The zero-order chi connectivity index (χ0) is 19.3. The molecule has 0 aliphatic carbocycles. The molecule has 8 heteroatoms. The Morgan fingerprint density at radius 3 is 2.74 bits per heavy atom. The van der Waals surface area contributed by atoms with Crippen molar-refractivity contribution in [2.24, 2.45) is 4.40 Å².